The van der Waals surface area contributed by atoms with E-state index in [9.17, 15) is 9.59 Å². The molecule has 0 spiro atoms. The second kappa shape index (κ2) is 7.40. The number of amides is 1. The van der Waals surface area contributed by atoms with Gasteiger partial charge in [0, 0.05) is 51.2 Å². The number of carbonyl (C=O) groups is 1. The van der Waals surface area contributed by atoms with E-state index >= 15 is 0 Å². The summed E-state index contributed by atoms with van der Waals surface area (Å²) in [6, 6.07) is 9.19. The van der Waals surface area contributed by atoms with Crippen LogP contribution in [-0.4, -0.2) is 39.5 Å². The molecule has 2 aromatic rings. The van der Waals surface area contributed by atoms with E-state index < -0.39 is 0 Å². The van der Waals surface area contributed by atoms with E-state index in [4.69, 9.17) is 0 Å². The first-order valence-electron chi connectivity index (χ1n) is 8.21. The van der Waals surface area contributed by atoms with Crippen molar-refractivity contribution < 1.29 is 4.79 Å². The van der Waals surface area contributed by atoms with Crippen LogP contribution in [0, 0.1) is 0 Å². The van der Waals surface area contributed by atoms with Gasteiger partial charge < -0.3 is 9.88 Å². The minimum atomic E-state index is -0.111. The fourth-order valence-corrected chi connectivity index (χ4v) is 2.94. The molecule has 1 aliphatic rings. The number of nitrogens with zero attached hydrogens (tertiary/aromatic N) is 3. The van der Waals surface area contributed by atoms with Gasteiger partial charge in [0.25, 0.3) is 11.5 Å². The zero-order valence-corrected chi connectivity index (χ0v) is 13.8. The smallest absolute Gasteiger partial charge is 0.270 e. The summed E-state index contributed by atoms with van der Waals surface area (Å²) >= 11 is 0. The zero-order chi connectivity index (χ0) is 16.9. The molecule has 126 valence electrons. The zero-order valence-electron chi connectivity index (χ0n) is 13.8. The van der Waals surface area contributed by atoms with E-state index in [1.807, 2.05) is 12.1 Å². The molecule has 1 saturated heterocycles. The number of hydrogen-bond acceptors (Lipinski definition) is 4. The van der Waals surface area contributed by atoms with Crippen LogP contribution in [0.4, 0.5) is 0 Å². The van der Waals surface area contributed by atoms with Gasteiger partial charge in [-0.1, -0.05) is 6.07 Å². The van der Waals surface area contributed by atoms with Crippen LogP contribution in [0.25, 0.3) is 0 Å². The van der Waals surface area contributed by atoms with Crippen LogP contribution in [0.2, 0.25) is 0 Å². The average Bonchev–Trinajstić information content (AvgIpc) is 2.61. The Morgan fingerprint density at radius 3 is 2.75 bits per heavy atom. The number of nitrogens with one attached hydrogen (secondary N) is 1. The Kier molecular flexibility index (Phi) is 5.05. The number of pyridine rings is 2. The molecule has 0 aliphatic carbocycles. The molecule has 0 aromatic carbocycles. The van der Waals surface area contributed by atoms with E-state index in [1.165, 1.54) is 0 Å². The lowest BCUT2D eigenvalue weighted by molar-refractivity contribution is 0.0904. The van der Waals surface area contributed by atoms with Crippen LogP contribution in [-0.2, 0) is 13.6 Å². The highest BCUT2D eigenvalue weighted by atomic mass is 16.2. The Hall–Kier alpha value is -2.47. The second-order valence-corrected chi connectivity index (χ2v) is 6.22. The summed E-state index contributed by atoms with van der Waals surface area (Å²) in [5.74, 6) is -0.111. The summed E-state index contributed by atoms with van der Waals surface area (Å²) in [6.45, 7) is 2.59. The standard InChI is InChI=1S/C18H22N4O2/c1-21-9-5-14(12-17(21)23)13-22-10-6-15(7-11-22)20-18(24)16-4-2-3-8-19-16/h2-5,8-9,12,15H,6-7,10-11,13H2,1H3,(H,20,24). The van der Waals surface area contributed by atoms with Crippen LogP contribution in [0.15, 0.2) is 47.5 Å². The molecule has 24 heavy (non-hydrogen) atoms. The lowest BCUT2D eigenvalue weighted by Crippen LogP contribution is -2.44. The SMILES string of the molecule is Cn1ccc(CN2CCC(NC(=O)c3ccccn3)CC2)cc1=O. The van der Waals surface area contributed by atoms with Crippen molar-refractivity contribution in [3.8, 4) is 0 Å². The van der Waals surface area contributed by atoms with Crippen molar-refractivity contribution >= 4 is 5.91 Å². The summed E-state index contributed by atoms with van der Waals surface area (Å²) in [6.07, 6.45) is 5.24. The molecule has 0 unspecified atom stereocenters. The third-order valence-corrected chi connectivity index (χ3v) is 4.40. The van der Waals surface area contributed by atoms with Gasteiger partial charge in [-0.05, 0) is 36.6 Å². The van der Waals surface area contributed by atoms with Crippen molar-refractivity contribution in [2.75, 3.05) is 13.1 Å². The predicted molar refractivity (Wildman–Crippen MR) is 91.7 cm³/mol. The molecule has 1 aliphatic heterocycles. The van der Waals surface area contributed by atoms with Gasteiger partial charge in [-0.25, -0.2) is 0 Å². The van der Waals surface area contributed by atoms with E-state index in [0.717, 1.165) is 38.0 Å². The molecule has 2 aromatic heterocycles. The van der Waals surface area contributed by atoms with Crippen molar-refractivity contribution in [1.82, 2.24) is 19.8 Å². The fourth-order valence-electron chi connectivity index (χ4n) is 2.94. The highest BCUT2D eigenvalue weighted by Crippen LogP contribution is 2.13. The molecular formula is C18H22N4O2. The number of aryl methyl sites for hydroxylation is 1. The van der Waals surface area contributed by atoms with Gasteiger partial charge >= 0.3 is 0 Å². The maximum atomic E-state index is 12.1. The first-order valence-corrected chi connectivity index (χ1v) is 8.21. The number of carbonyl (C=O) groups excluding carboxylic acids is 1. The molecule has 0 bridgehead atoms. The monoisotopic (exact) mass is 326 g/mol. The van der Waals surface area contributed by atoms with E-state index in [1.54, 1.807) is 42.2 Å². The van der Waals surface area contributed by atoms with E-state index in [0.29, 0.717) is 5.69 Å². The predicted octanol–water partition coefficient (Wildman–Crippen LogP) is 1.17. The minimum Gasteiger partial charge on any atom is -0.348 e. The normalized spacial score (nSPS) is 16.0. The first-order chi connectivity index (χ1) is 11.6. The number of piperidine rings is 1. The van der Waals surface area contributed by atoms with Crippen molar-refractivity contribution in [3.05, 3.63) is 64.3 Å². The Bertz CT molecular complexity index is 749. The summed E-state index contributed by atoms with van der Waals surface area (Å²) in [7, 11) is 1.75. The summed E-state index contributed by atoms with van der Waals surface area (Å²) in [5.41, 5.74) is 1.51. The Labute approximate surface area is 141 Å². The van der Waals surface area contributed by atoms with Crippen molar-refractivity contribution in [3.63, 3.8) is 0 Å². The molecule has 0 atom stereocenters. The summed E-state index contributed by atoms with van der Waals surface area (Å²) in [5, 5.41) is 3.05. The largest absolute Gasteiger partial charge is 0.348 e. The van der Waals surface area contributed by atoms with Crippen LogP contribution in [0.3, 0.4) is 0 Å². The van der Waals surface area contributed by atoms with E-state index in [-0.39, 0.29) is 17.5 Å². The van der Waals surface area contributed by atoms with Gasteiger partial charge in [0.05, 0.1) is 0 Å². The molecular weight excluding hydrogens is 304 g/mol. The lowest BCUT2D eigenvalue weighted by atomic mass is 10.0. The summed E-state index contributed by atoms with van der Waals surface area (Å²) in [4.78, 5) is 30.2. The molecule has 6 heteroatoms. The van der Waals surface area contributed by atoms with Gasteiger partial charge in [-0.3, -0.25) is 19.5 Å². The summed E-state index contributed by atoms with van der Waals surface area (Å²) < 4.78 is 1.57. The number of aromatic nitrogens is 2. The van der Waals surface area contributed by atoms with Crippen molar-refractivity contribution in [2.45, 2.75) is 25.4 Å². The minimum absolute atomic E-state index is 0.0185. The molecule has 1 amide bonds. The maximum absolute atomic E-state index is 12.1. The highest BCUT2D eigenvalue weighted by molar-refractivity contribution is 5.92. The lowest BCUT2D eigenvalue weighted by Gasteiger charge is -2.32. The second-order valence-electron chi connectivity index (χ2n) is 6.22. The van der Waals surface area contributed by atoms with Gasteiger partial charge in [-0.2, -0.15) is 0 Å². The van der Waals surface area contributed by atoms with Crippen LogP contribution in [0.5, 0.6) is 0 Å². The molecule has 0 saturated carbocycles. The molecule has 6 nitrogen and oxygen atoms in total. The Morgan fingerprint density at radius 2 is 2.08 bits per heavy atom. The molecule has 3 heterocycles. The first kappa shape index (κ1) is 16.4. The van der Waals surface area contributed by atoms with Crippen molar-refractivity contribution in [1.29, 1.82) is 0 Å². The highest BCUT2D eigenvalue weighted by Gasteiger charge is 2.21. The fraction of sp³-hybridized carbons (Fsp3) is 0.389. The quantitative estimate of drug-likeness (QED) is 0.916. The van der Waals surface area contributed by atoms with E-state index in [2.05, 4.69) is 15.2 Å². The van der Waals surface area contributed by atoms with Crippen LogP contribution < -0.4 is 10.9 Å². The van der Waals surface area contributed by atoms with Gasteiger partial charge in [0.1, 0.15) is 5.69 Å². The van der Waals surface area contributed by atoms with Crippen molar-refractivity contribution in [2.24, 2.45) is 7.05 Å². The van der Waals surface area contributed by atoms with Gasteiger partial charge in [0.2, 0.25) is 0 Å². The molecule has 1 fully saturated rings. The third-order valence-electron chi connectivity index (χ3n) is 4.40. The maximum Gasteiger partial charge on any atom is 0.270 e. The average molecular weight is 326 g/mol. The Morgan fingerprint density at radius 1 is 1.29 bits per heavy atom. The number of hydrogen-bond donors (Lipinski definition) is 1. The third kappa shape index (κ3) is 4.08. The molecule has 0 radical (unpaired) electrons. The van der Waals surface area contributed by atoms with Crippen LogP contribution in [0.1, 0.15) is 28.9 Å². The Balaban J connectivity index is 1.49. The number of likely N-dealkylation sites (tertiary alicyclic amines) is 1. The molecule has 3 rings (SSSR count). The van der Waals surface area contributed by atoms with Gasteiger partial charge in [0.15, 0.2) is 0 Å². The van der Waals surface area contributed by atoms with Crippen LogP contribution >= 0.6 is 0 Å². The number of rotatable bonds is 4. The molecule has 1 N–H and O–H groups in total. The van der Waals surface area contributed by atoms with Gasteiger partial charge in [-0.15, -0.1) is 0 Å². The topological polar surface area (TPSA) is 67.2 Å².